The van der Waals surface area contributed by atoms with Gasteiger partial charge in [-0.2, -0.15) is 12.6 Å². The number of carbonyl (C=O) groups is 2. The second-order valence-corrected chi connectivity index (χ2v) is 9.01. The number of esters is 1. The van der Waals surface area contributed by atoms with Crippen LogP contribution in [0.5, 0.6) is 5.75 Å². The second-order valence-electron chi connectivity index (χ2n) is 8.70. The number of carbonyl (C=O) groups excluding carboxylic acids is 2. The van der Waals surface area contributed by atoms with Crippen molar-refractivity contribution in [1.29, 1.82) is 0 Å². The molecule has 3 aromatic carbocycles. The zero-order chi connectivity index (χ0) is 25.3. The smallest absolute Gasteiger partial charge is 0.412 e. The number of anilines is 1. The molecule has 1 atom stereocenters. The maximum Gasteiger partial charge on any atom is 0.412 e. The summed E-state index contributed by atoms with van der Waals surface area (Å²) in [5.41, 5.74) is 0.848. The Hall–Kier alpha value is -3.23. The fourth-order valence-corrected chi connectivity index (χ4v) is 3.86. The van der Waals surface area contributed by atoms with Crippen LogP contribution in [-0.4, -0.2) is 42.7 Å². The summed E-state index contributed by atoms with van der Waals surface area (Å²) in [4.78, 5) is 24.6. The van der Waals surface area contributed by atoms with Gasteiger partial charge in [-0.15, -0.1) is 0 Å². The van der Waals surface area contributed by atoms with Crippen LogP contribution in [0.3, 0.4) is 0 Å². The molecule has 0 unspecified atom stereocenters. The van der Waals surface area contributed by atoms with Gasteiger partial charge in [0.1, 0.15) is 18.5 Å². The molecule has 0 aromatic heterocycles. The summed E-state index contributed by atoms with van der Waals surface area (Å²) >= 11 is 3.93. The fraction of sp³-hybridized carbons (Fsp3) is 0.333. The van der Waals surface area contributed by atoms with Crippen molar-refractivity contribution >= 4 is 41.2 Å². The van der Waals surface area contributed by atoms with Crippen LogP contribution in [-0.2, 0) is 14.3 Å². The lowest BCUT2D eigenvalue weighted by Crippen LogP contribution is -2.30. The Morgan fingerprint density at radius 2 is 1.71 bits per heavy atom. The lowest BCUT2D eigenvalue weighted by Gasteiger charge is -2.34. The third-order valence-electron chi connectivity index (χ3n) is 5.64. The van der Waals surface area contributed by atoms with Crippen molar-refractivity contribution < 1.29 is 28.9 Å². The van der Waals surface area contributed by atoms with Gasteiger partial charge in [0.25, 0.3) is 0 Å². The van der Waals surface area contributed by atoms with Crippen molar-refractivity contribution in [2.75, 3.05) is 30.9 Å². The number of ether oxygens (including phenoxy) is 3. The summed E-state index contributed by atoms with van der Waals surface area (Å²) in [5.74, 6) is 0.200. The number of thiol groups is 1. The highest BCUT2D eigenvalue weighted by molar-refractivity contribution is 7.81. The Labute approximate surface area is 210 Å². The number of amides is 1. The maximum absolute atomic E-state index is 13.0. The first-order valence-corrected chi connectivity index (χ1v) is 12.0. The van der Waals surface area contributed by atoms with Crippen LogP contribution < -0.4 is 10.1 Å². The summed E-state index contributed by atoms with van der Waals surface area (Å²) < 4.78 is 16.6. The zero-order valence-electron chi connectivity index (χ0n) is 19.9. The molecule has 0 saturated carbocycles. The molecule has 1 amide bonds. The van der Waals surface area contributed by atoms with E-state index in [1.54, 1.807) is 12.1 Å². The van der Waals surface area contributed by atoms with Crippen LogP contribution in [0.1, 0.15) is 31.9 Å². The van der Waals surface area contributed by atoms with Gasteiger partial charge in [-0.05, 0) is 35.6 Å². The van der Waals surface area contributed by atoms with E-state index in [2.05, 4.69) is 17.9 Å². The quantitative estimate of drug-likeness (QED) is 0.243. The van der Waals surface area contributed by atoms with E-state index in [1.165, 1.54) is 0 Å². The lowest BCUT2D eigenvalue weighted by atomic mass is 9.80. The zero-order valence-corrected chi connectivity index (χ0v) is 20.8. The molecule has 0 heterocycles. The van der Waals surface area contributed by atoms with Gasteiger partial charge in [-0.1, -0.05) is 62.4 Å². The van der Waals surface area contributed by atoms with Gasteiger partial charge in [0.2, 0.25) is 0 Å². The summed E-state index contributed by atoms with van der Waals surface area (Å²) in [6, 6.07) is 20.6. The molecule has 186 valence electrons. The lowest BCUT2D eigenvalue weighted by molar-refractivity contribution is -0.141. The molecule has 0 bridgehead atoms. The van der Waals surface area contributed by atoms with Crippen molar-refractivity contribution in [3.63, 3.8) is 0 Å². The molecule has 2 N–H and O–H groups in total. The van der Waals surface area contributed by atoms with Gasteiger partial charge in [0.05, 0.1) is 24.7 Å². The SMILES string of the molecule is CC(C)(CCOC(=O)CS)[C@H](OC(=O)Nc1cccc2ccccc12)c1ccc(OCCO)cc1. The Morgan fingerprint density at radius 3 is 2.43 bits per heavy atom. The molecule has 0 aliphatic carbocycles. The normalized spacial score (nSPS) is 12.1. The first-order valence-electron chi connectivity index (χ1n) is 11.4. The van der Waals surface area contributed by atoms with Gasteiger partial charge >= 0.3 is 12.1 Å². The molecule has 0 radical (unpaired) electrons. The number of benzene rings is 3. The summed E-state index contributed by atoms with van der Waals surface area (Å²) in [7, 11) is 0. The van der Waals surface area contributed by atoms with Crippen LogP contribution in [0.15, 0.2) is 66.7 Å². The Morgan fingerprint density at radius 1 is 1.00 bits per heavy atom. The number of rotatable bonds is 11. The molecule has 3 aromatic rings. The fourth-order valence-electron chi connectivity index (χ4n) is 3.77. The van der Waals surface area contributed by atoms with Crippen molar-refractivity contribution in [1.82, 2.24) is 0 Å². The van der Waals surface area contributed by atoms with Crippen LogP contribution in [0, 0.1) is 5.41 Å². The van der Waals surface area contributed by atoms with Crippen molar-refractivity contribution in [3.05, 3.63) is 72.3 Å². The highest BCUT2D eigenvalue weighted by Crippen LogP contribution is 2.40. The number of hydrogen-bond acceptors (Lipinski definition) is 7. The minimum absolute atomic E-state index is 0.00307. The van der Waals surface area contributed by atoms with E-state index >= 15 is 0 Å². The van der Waals surface area contributed by atoms with Gasteiger partial charge in [0.15, 0.2) is 0 Å². The number of fused-ring (bicyclic) bond motifs is 1. The first kappa shape index (κ1) is 26.4. The Kier molecular flexibility index (Phi) is 9.39. The van der Waals surface area contributed by atoms with E-state index in [4.69, 9.17) is 19.3 Å². The van der Waals surface area contributed by atoms with E-state index in [1.807, 2.05) is 68.4 Å². The largest absolute Gasteiger partial charge is 0.491 e. The summed E-state index contributed by atoms with van der Waals surface area (Å²) in [5, 5.41) is 13.8. The third-order valence-corrected chi connectivity index (χ3v) is 5.90. The van der Waals surface area contributed by atoms with Crippen molar-refractivity contribution in [3.8, 4) is 5.75 Å². The van der Waals surface area contributed by atoms with E-state index in [-0.39, 0.29) is 25.6 Å². The molecule has 0 fully saturated rings. The minimum atomic E-state index is -0.640. The van der Waals surface area contributed by atoms with Crippen LogP contribution in [0.2, 0.25) is 0 Å². The van der Waals surface area contributed by atoms with Gasteiger partial charge < -0.3 is 19.3 Å². The van der Waals surface area contributed by atoms with E-state index in [9.17, 15) is 9.59 Å². The topological polar surface area (TPSA) is 94.1 Å². The molecular formula is C27H31NO6S. The molecule has 35 heavy (non-hydrogen) atoms. The van der Waals surface area contributed by atoms with Gasteiger partial charge in [-0.25, -0.2) is 4.79 Å². The predicted octanol–water partition coefficient (Wildman–Crippen LogP) is 5.39. The average molecular weight is 498 g/mol. The van der Waals surface area contributed by atoms with Crippen LogP contribution >= 0.6 is 12.6 Å². The Bertz CT molecular complexity index is 1130. The second kappa shape index (κ2) is 12.5. The minimum Gasteiger partial charge on any atom is -0.491 e. The molecule has 3 rings (SSSR count). The van der Waals surface area contributed by atoms with Crippen molar-refractivity contribution in [2.45, 2.75) is 26.4 Å². The molecule has 8 heteroatoms. The number of hydrogen-bond donors (Lipinski definition) is 3. The number of aliphatic hydroxyl groups excluding tert-OH is 1. The number of nitrogens with one attached hydrogen (secondary N) is 1. The highest BCUT2D eigenvalue weighted by Gasteiger charge is 2.34. The van der Waals surface area contributed by atoms with E-state index in [0.29, 0.717) is 17.9 Å². The standard InChI is InChI=1S/C27H31NO6S/c1-27(2,14-16-33-24(30)18-35)25(20-10-12-21(13-11-20)32-17-15-29)34-26(31)28-23-9-5-7-19-6-3-4-8-22(19)23/h3-13,25,29,35H,14-18H2,1-2H3,(H,28,31)/t25-/m1/s1. The molecule has 0 saturated heterocycles. The molecule has 7 nitrogen and oxygen atoms in total. The predicted molar refractivity (Wildman–Crippen MR) is 139 cm³/mol. The van der Waals surface area contributed by atoms with Crippen LogP contribution in [0.25, 0.3) is 10.8 Å². The van der Waals surface area contributed by atoms with E-state index in [0.717, 1.165) is 16.3 Å². The van der Waals surface area contributed by atoms with Gasteiger partial charge in [-0.3, -0.25) is 10.1 Å². The molecule has 0 aliphatic rings. The molecule has 0 spiro atoms. The molecular weight excluding hydrogens is 466 g/mol. The van der Waals surface area contributed by atoms with Crippen molar-refractivity contribution in [2.24, 2.45) is 5.41 Å². The van der Waals surface area contributed by atoms with Crippen LogP contribution in [0.4, 0.5) is 10.5 Å². The molecule has 0 aliphatic heterocycles. The highest BCUT2D eigenvalue weighted by atomic mass is 32.1. The Balaban J connectivity index is 1.81. The van der Waals surface area contributed by atoms with E-state index < -0.39 is 23.6 Å². The number of aliphatic hydroxyl groups is 1. The maximum atomic E-state index is 13.0. The van der Waals surface area contributed by atoms with Gasteiger partial charge in [0, 0.05) is 10.8 Å². The monoisotopic (exact) mass is 497 g/mol. The third kappa shape index (κ3) is 7.37. The summed E-state index contributed by atoms with van der Waals surface area (Å²) in [6.07, 6.45) is -0.770. The first-order chi connectivity index (χ1) is 16.8. The average Bonchev–Trinajstić information content (AvgIpc) is 2.86. The summed E-state index contributed by atoms with van der Waals surface area (Å²) in [6.45, 7) is 4.19.